The fraction of sp³-hybridized carbons (Fsp3) is 0.658. The van der Waals surface area contributed by atoms with Crippen LogP contribution in [-0.4, -0.2) is 181 Å². The number of nitrogens with zero attached hydrogens (tertiary/aromatic N) is 1. The molecule has 27 nitrogen and oxygen atoms in total. The molecule has 4 rings (SSSR count). The lowest BCUT2D eigenvalue weighted by Gasteiger charge is -2.32. The van der Waals surface area contributed by atoms with Crippen LogP contribution in [0.5, 0.6) is 5.75 Å². The van der Waals surface area contributed by atoms with Gasteiger partial charge in [-0.25, -0.2) is 0 Å². The van der Waals surface area contributed by atoms with Crippen molar-refractivity contribution >= 4 is 75.9 Å². The number of carbonyl (C=O) groups excluding carboxylic acids is 11. The number of hydrogen-bond acceptors (Lipinski definition) is 15. The number of phenols is 1. The molecule has 1 aliphatic rings. The number of nitrogens with one attached hydrogen (secondary N) is 10. The third-order valence-electron chi connectivity index (χ3n) is 18.0. The van der Waals surface area contributed by atoms with Crippen LogP contribution in [0.15, 0.2) is 54.7 Å². The first-order valence-electron chi connectivity index (χ1n) is 36.0. The normalized spacial score (nSPS) is 16.7. The van der Waals surface area contributed by atoms with Crippen molar-refractivity contribution in [3.05, 3.63) is 65.9 Å². The van der Waals surface area contributed by atoms with Crippen molar-refractivity contribution in [3.8, 4) is 5.75 Å². The van der Waals surface area contributed by atoms with Crippen molar-refractivity contribution in [1.29, 1.82) is 0 Å². The van der Waals surface area contributed by atoms with Crippen LogP contribution in [0.1, 0.15) is 203 Å². The van der Waals surface area contributed by atoms with Crippen molar-refractivity contribution in [2.75, 3.05) is 6.54 Å². The molecular weight excluding hydrogens is 1280 g/mol. The van der Waals surface area contributed by atoms with Gasteiger partial charge in [0.2, 0.25) is 65.0 Å². The Morgan fingerprint density at radius 3 is 1.52 bits per heavy atom. The first-order valence-corrected chi connectivity index (χ1v) is 36.0. The average Bonchev–Trinajstić information content (AvgIpc) is 1.62. The SMILES string of the molecule is CCCCCCCCCCCCCCCC(=O)N[C@H](C(=O)N[C@H](C(=O)N[C@@H](CC(C)C)C(=O)N1CCC[C@H]1C(=O)N[C@@H](CC(C)C)C(=O)N[C@@H](Cc1c[nH]c2ccccc12)C(=O)N[C@@H](C)C(=O)N[C@H](C(=O)N[C@@H](Cc1ccc(O)cc1)C(=O)N[C@H](C(N)=O)[C@@H](C)O)[C@@H](C)O)[C@@H](C)O)C(C)C. The number of unbranched alkanes of at least 4 members (excludes halogenated alkanes) is 12. The van der Waals surface area contributed by atoms with Gasteiger partial charge >= 0.3 is 0 Å². The molecule has 0 spiro atoms. The number of carbonyl (C=O) groups is 11. The van der Waals surface area contributed by atoms with Crippen molar-refractivity contribution < 1.29 is 73.2 Å². The van der Waals surface area contributed by atoms with E-state index in [1.165, 1.54) is 115 Å². The van der Waals surface area contributed by atoms with E-state index < -0.39 is 144 Å². The number of H-pyrrole nitrogens is 1. The maximum absolute atomic E-state index is 14.7. The molecule has 13 atom stereocenters. The quantitative estimate of drug-likeness (QED) is 0.0357. The fourth-order valence-corrected chi connectivity index (χ4v) is 12.2. The molecule has 1 aliphatic heterocycles. The van der Waals surface area contributed by atoms with Gasteiger partial charge in [0.15, 0.2) is 0 Å². The Morgan fingerprint density at radius 1 is 0.510 bits per heavy atom. The molecule has 3 aromatic rings. The number of aliphatic hydroxyl groups is 3. The van der Waals surface area contributed by atoms with Crippen LogP contribution in [0.3, 0.4) is 0 Å². The first kappa shape index (κ1) is 84.2. The second-order valence-corrected chi connectivity index (χ2v) is 28.2. The number of hydrogen-bond donors (Lipinski definition) is 15. The zero-order chi connectivity index (χ0) is 74.3. The highest BCUT2D eigenvalue weighted by atomic mass is 16.3. The number of aromatic hydroxyl groups is 1. The van der Waals surface area contributed by atoms with Crippen molar-refractivity contribution in [1.82, 2.24) is 57.7 Å². The predicted molar refractivity (Wildman–Crippen MR) is 380 cm³/mol. The highest BCUT2D eigenvalue weighted by molar-refractivity contribution is 5.99. The first-order chi connectivity index (χ1) is 47.3. The van der Waals surface area contributed by atoms with E-state index in [0.717, 1.165) is 19.3 Å². The number of aromatic amines is 1. The number of primary amides is 1. The van der Waals surface area contributed by atoms with Gasteiger partial charge in [-0.2, -0.15) is 0 Å². The Labute approximate surface area is 589 Å². The summed E-state index contributed by atoms with van der Waals surface area (Å²) in [5.41, 5.74) is 7.15. The van der Waals surface area contributed by atoms with Gasteiger partial charge in [0.25, 0.3) is 0 Å². The van der Waals surface area contributed by atoms with Crippen molar-refractivity contribution in [3.63, 3.8) is 0 Å². The van der Waals surface area contributed by atoms with Crippen molar-refractivity contribution in [2.24, 2.45) is 23.5 Å². The Balaban J connectivity index is 1.47. The van der Waals surface area contributed by atoms with E-state index >= 15 is 0 Å². The number of nitrogens with two attached hydrogens (primary N) is 1. The molecule has 0 aliphatic carbocycles. The molecule has 1 fully saturated rings. The van der Waals surface area contributed by atoms with Gasteiger partial charge in [0.1, 0.15) is 66.2 Å². The third kappa shape index (κ3) is 28.1. The molecular formula is C73H116N12O15. The molecule has 16 N–H and O–H groups in total. The van der Waals surface area contributed by atoms with E-state index in [9.17, 15) is 73.2 Å². The summed E-state index contributed by atoms with van der Waals surface area (Å²) < 4.78 is 0. The molecule has 0 unspecified atom stereocenters. The van der Waals surface area contributed by atoms with Crippen LogP contribution >= 0.6 is 0 Å². The molecule has 100 heavy (non-hydrogen) atoms. The molecule has 1 saturated heterocycles. The minimum atomic E-state index is -1.76. The van der Waals surface area contributed by atoms with E-state index in [1.54, 1.807) is 38.2 Å². The smallest absolute Gasteiger partial charge is 0.245 e. The summed E-state index contributed by atoms with van der Waals surface area (Å²) in [6, 6.07) is -1.10. The highest BCUT2D eigenvalue weighted by Crippen LogP contribution is 2.24. The number of benzene rings is 2. The predicted octanol–water partition coefficient (Wildman–Crippen LogP) is 3.89. The summed E-state index contributed by atoms with van der Waals surface area (Å²) in [6.07, 6.45) is 12.8. The molecule has 2 heterocycles. The van der Waals surface area contributed by atoms with Crippen molar-refractivity contribution in [2.45, 2.75) is 283 Å². The standard InChI is InChI=1S/C73H116N12O15/c1-12-13-14-15-16-17-18-19-20-21-22-23-24-31-59(90)81-60(44(6)7)70(97)84-63(48(11)88)72(99)80-57(38-43(4)5)73(100)85-36-27-30-58(85)69(96)78-54(37-42(2)3)67(94)77-56(40-50-41-75-53-29-26-25-28-52(50)53)66(93)76-45(8)65(92)83-62(47(10)87)71(98)79-55(39-49-32-34-51(89)35-33-49)68(95)82-61(46(9)86)64(74)91/h25-26,28-29,32-35,41-48,54-58,60-63,75,86-89H,12-24,27,30-31,36-40H2,1-11H3,(H2,74,91)(H,76,93)(H,77,94)(H,78,96)(H,79,98)(H,80,99)(H,81,90)(H,82,95)(H,83,92)(H,84,97)/t45-,46+,47+,48+,54-,55-,56-,57-,58-,60-,61-,62-,63-/m0/s1. The van der Waals surface area contributed by atoms with E-state index in [4.69, 9.17) is 5.73 Å². The van der Waals surface area contributed by atoms with Crippen LogP contribution in [0, 0.1) is 17.8 Å². The molecule has 558 valence electrons. The molecule has 11 amide bonds. The second kappa shape index (κ2) is 42.8. The van der Waals surface area contributed by atoms with Crippen LogP contribution in [0.25, 0.3) is 10.9 Å². The topological polar surface area (TPSA) is 422 Å². The molecule has 0 bridgehead atoms. The van der Waals surface area contributed by atoms with Gasteiger partial charge in [0.05, 0.1) is 18.3 Å². The Morgan fingerprint density at radius 2 is 0.980 bits per heavy atom. The Hall–Kier alpha value is -8.17. The lowest BCUT2D eigenvalue weighted by atomic mass is 9.99. The summed E-state index contributed by atoms with van der Waals surface area (Å²) in [7, 11) is 0. The number of amides is 11. The average molecular weight is 1400 g/mol. The Bertz CT molecular complexity index is 3130. The molecule has 0 radical (unpaired) electrons. The minimum Gasteiger partial charge on any atom is -0.508 e. The van der Waals surface area contributed by atoms with Gasteiger partial charge in [-0.3, -0.25) is 52.7 Å². The van der Waals surface area contributed by atoms with Gasteiger partial charge in [-0.05, 0) is 107 Å². The minimum absolute atomic E-state index is 0.0598. The Kier molecular flexibility index (Phi) is 36.1. The lowest BCUT2D eigenvalue weighted by molar-refractivity contribution is -0.143. The van der Waals surface area contributed by atoms with Gasteiger partial charge < -0.3 is 83.9 Å². The summed E-state index contributed by atoms with van der Waals surface area (Å²) in [4.78, 5) is 158. The number of phenolic OH excluding ortho intramolecular Hbond substituents is 1. The number of rotatable bonds is 45. The van der Waals surface area contributed by atoms with E-state index in [0.29, 0.717) is 34.9 Å². The zero-order valence-electron chi connectivity index (χ0n) is 60.6. The van der Waals surface area contributed by atoms with Gasteiger partial charge in [0, 0.05) is 42.9 Å². The molecule has 2 aromatic carbocycles. The molecule has 27 heteroatoms. The summed E-state index contributed by atoms with van der Waals surface area (Å²) >= 11 is 0. The maximum atomic E-state index is 14.7. The lowest BCUT2D eigenvalue weighted by Crippen LogP contribution is -2.62. The maximum Gasteiger partial charge on any atom is 0.245 e. The van der Waals surface area contributed by atoms with Crippen LogP contribution < -0.4 is 53.6 Å². The fourth-order valence-electron chi connectivity index (χ4n) is 12.2. The molecule has 1 aromatic heterocycles. The largest absolute Gasteiger partial charge is 0.508 e. The molecule has 0 saturated carbocycles. The van der Waals surface area contributed by atoms with E-state index in [1.807, 2.05) is 33.8 Å². The number of fused-ring (bicyclic) bond motifs is 1. The zero-order valence-corrected chi connectivity index (χ0v) is 60.6. The third-order valence-corrected chi connectivity index (χ3v) is 18.0. The van der Waals surface area contributed by atoms with Crippen LogP contribution in [-0.2, 0) is 65.6 Å². The van der Waals surface area contributed by atoms with Crippen LogP contribution in [0.4, 0.5) is 0 Å². The number of aliphatic hydroxyl groups excluding tert-OH is 3. The summed E-state index contributed by atoms with van der Waals surface area (Å²) in [5, 5.41) is 66.2. The second-order valence-electron chi connectivity index (χ2n) is 28.2. The van der Waals surface area contributed by atoms with Gasteiger partial charge in [-0.15, -0.1) is 0 Å². The monoisotopic (exact) mass is 1400 g/mol. The van der Waals surface area contributed by atoms with E-state index in [-0.39, 0.29) is 68.6 Å². The number of likely N-dealkylation sites (tertiary alicyclic amines) is 1. The van der Waals surface area contributed by atoms with Crippen LogP contribution in [0.2, 0.25) is 0 Å². The highest BCUT2D eigenvalue weighted by Gasteiger charge is 2.42. The number of aromatic nitrogens is 1. The summed E-state index contributed by atoms with van der Waals surface area (Å²) in [6.45, 7) is 18.2. The van der Waals surface area contributed by atoms with E-state index in [2.05, 4.69) is 59.8 Å². The number of para-hydroxylation sites is 1. The summed E-state index contributed by atoms with van der Waals surface area (Å²) in [5.74, 6) is -9.77. The van der Waals surface area contributed by atoms with Gasteiger partial charge in [-0.1, -0.05) is 156 Å².